The maximum absolute atomic E-state index is 4.55. The number of nitrogens with one attached hydrogen (secondary N) is 1. The molecule has 1 N–H and O–H groups in total. The third-order valence-electron chi connectivity index (χ3n) is 3.88. The van der Waals surface area contributed by atoms with Gasteiger partial charge in [-0.1, -0.05) is 30.3 Å². The quantitative estimate of drug-likeness (QED) is 0.941. The zero-order valence-corrected chi connectivity index (χ0v) is 12.9. The fraction of sp³-hybridized carbons (Fsp3) is 0.438. The molecule has 1 aliphatic rings. The molecule has 2 aromatic rings. The second-order valence-electron chi connectivity index (χ2n) is 5.34. The maximum Gasteiger partial charge on any atom is 0.0900 e. The van der Waals surface area contributed by atoms with E-state index < -0.39 is 0 Å². The van der Waals surface area contributed by atoms with Crippen molar-refractivity contribution in [3.63, 3.8) is 0 Å². The molecule has 0 aliphatic carbocycles. The third-order valence-corrected chi connectivity index (χ3v) is 4.94. The van der Waals surface area contributed by atoms with E-state index in [9.17, 15) is 0 Å². The molecule has 20 heavy (non-hydrogen) atoms. The molecule has 1 atom stereocenters. The van der Waals surface area contributed by atoms with Crippen LogP contribution in [-0.4, -0.2) is 29.5 Å². The van der Waals surface area contributed by atoms with Gasteiger partial charge in [0.25, 0.3) is 0 Å². The van der Waals surface area contributed by atoms with E-state index in [-0.39, 0.29) is 0 Å². The molecule has 0 spiro atoms. The van der Waals surface area contributed by atoms with Crippen LogP contribution in [0.1, 0.15) is 27.2 Å². The van der Waals surface area contributed by atoms with E-state index in [0.717, 1.165) is 26.2 Å². The molecular weight excluding hydrogens is 266 g/mol. The highest BCUT2D eigenvalue weighted by atomic mass is 32.1. The molecule has 2 heterocycles. The molecule has 106 valence electrons. The van der Waals surface area contributed by atoms with Crippen LogP contribution in [0.2, 0.25) is 0 Å². The van der Waals surface area contributed by atoms with E-state index in [4.69, 9.17) is 0 Å². The van der Waals surface area contributed by atoms with Crippen LogP contribution in [0.15, 0.2) is 30.3 Å². The van der Waals surface area contributed by atoms with Crippen molar-refractivity contribution in [3.05, 3.63) is 51.5 Å². The Morgan fingerprint density at radius 2 is 2.10 bits per heavy atom. The van der Waals surface area contributed by atoms with Crippen LogP contribution in [0.25, 0.3) is 0 Å². The number of thiazole rings is 1. The van der Waals surface area contributed by atoms with Crippen molar-refractivity contribution in [2.75, 3.05) is 19.6 Å². The lowest BCUT2D eigenvalue weighted by Crippen LogP contribution is -2.45. The minimum absolute atomic E-state index is 0.465. The van der Waals surface area contributed by atoms with Crippen LogP contribution in [-0.2, 0) is 6.54 Å². The standard InChI is InChI=1S/C16H21N3S/c1-12-16(20-13(2)18-12)11-19-9-8-17-10-15(19)14-6-4-3-5-7-14/h3-7,15,17H,8-11H2,1-2H3. The minimum atomic E-state index is 0.465. The summed E-state index contributed by atoms with van der Waals surface area (Å²) in [4.78, 5) is 8.53. The lowest BCUT2D eigenvalue weighted by atomic mass is 10.0. The van der Waals surface area contributed by atoms with E-state index in [1.807, 2.05) is 11.3 Å². The lowest BCUT2D eigenvalue weighted by Gasteiger charge is -2.36. The first-order valence-electron chi connectivity index (χ1n) is 7.16. The summed E-state index contributed by atoms with van der Waals surface area (Å²) in [6.07, 6.45) is 0. The Kier molecular flexibility index (Phi) is 4.15. The van der Waals surface area contributed by atoms with Gasteiger partial charge in [-0.05, 0) is 19.4 Å². The van der Waals surface area contributed by atoms with Gasteiger partial charge >= 0.3 is 0 Å². The summed E-state index contributed by atoms with van der Waals surface area (Å²) in [7, 11) is 0. The van der Waals surface area contributed by atoms with E-state index in [1.54, 1.807) is 0 Å². The van der Waals surface area contributed by atoms with Gasteiger partial charge in [0.05, 0.1) is 10.7 Å². The van der Waals surface area contributed by atoms with Gasteiger partial charge in [0.1, 0.15) is 0 Å². The van der Waals surface area contributed by atoms with Gasteiger partial charge < -0.3 is 5.32 Å². The average Bonchev–Trinajstić information content (AvgIpc) is 2.78. The molecule has 1 saturated heterocycles. The molecule has 0 saturated carbocycles. The monoisotopic (exact) mass is 287 g/mol. The van der Waals surface area contributed by atoms with Crippen LogP contribution < -0.4 is 5.32 Å². The Morgan fingerprint density at radius 1 is 1.30 bits per heavy atom. The first-order chi connectivity index (χ1) is 9.74. The molecule has 1 aliphatic heterocycles. The number of aromatic nitrogens is 1. The van der Waals surface area contributed by atoms with Crippen LogP contribution in [0.4, 0.5) is 0 Å². The zero-order chi connectivity index (χ0) is 13.9. The molecule has 1 fully saturated rings. The van der Waals surface area contributed by atoms with Gasteiger partial charge in [-0.2, -0.15) is 0 Å². The Bertz CT molecular complexity index is 564. The van der Waals surface area contributed by atoms with E-state index >= 15 is 0 Å². The summed E-state index contributed by atoms with van der Waals surface area (Å²) < 4.78 is 0. The van der Waals surface area contributed by atoms with Gasteiger partial charge in [0.2, 0.25) is 0 Å². The molecule has 3 nitrogen and oxygen atoms in total. The van der Waals surface area contributed by atoms with Crippen molar-refractivity contribution >= 4 is 11.3 Å². The summed E-state index contributed by atoms with van der Waals surface area (Å²) in [6, 6.07) is 11.3. The summed E-state index contributed by atoms with van der Waals surface area (Å²) in [6.45, 7) is 8.42. The predicted molar refractivity (Wildman–Crippen MR) is 84.1 cm³/mol. The van der Waals surface area contributed by atoms with Gasteiger partial charge in [0.15, 0.2) is 0 Å². The molecule has 3 rings (SSSR count). The number of nitrogens with zero attached hydrogens (tertiary/aromatic N) is 2. The van der Waals surface area contributed by atoms with Crippen LogP contribution in [0, 0.1) is 13.8 Å². The lowest BCUT2D eigenvalue weighted by molar-refractivity contribution is 0.155. The second-order valence-corrected chi connectivity index (χ2v) is 6.63. The Balaban J connectivity index is 1.81. The fourth-order valence-electron chi connectivity index (χ4n) is 2.84. The first kappa shape index (κ1) is 13.7. The number of rotatable bonds is 3. The molecule has 1 unspecified atom stereocenters. The smallest absolute Gasteiger partial charge is 0.0900 e. The van der Waals surface area contributed by atoms with E-state index in [0.29, 0.717) is 6.04 Å². The van der Waals surface area contributed by atoms with Gasteiger partial charge in [-0.3, -0.25) is 4.90 Å². The number of benzene rings is 1. The Hall–Kier alpha value is -1.23. The van der Waals surface area contributed by atoms with E-state index in [1.165, 1.54) is 21.1 Å². The SMILES string of the molecule is Cc1nc(C)c(CN2CCNCC2c2ccccc2)s1. The van der Waals surface area contributed by atoms with Crippen molar-refractivity contribution in [1.82, 2.24) is 15.2 Å². The first-order valence-corrected chi connectivity index (χ1v) is 7.98. The minimum Gasteiger partial charge on any atom is -0.314 e. The van der Waals surface area contributed by atoms with Gasteiger partial charge in [-0.15, -0.1) is 11.3 Å². The largest absolute Gasteiger partial charge is 0.314 e. The van der Waals surface area contributed by atoms with Crippen molar-refractivity contribution in [2.24, 2.45) is 0 Å². The zero-order valence-electron chi connectivity index (χ0n) is 12.1. The molecule has 0 bridgehead atoms. The molecule has 1 aromatic heterocycles. The Labute approximate surface area is 124 Å². The van der Waals surface area contributed by atoms with Crippen LogP contribution >= 0.6 is 11.3 Å². The van der Waals surface area contributed by atoms with Gasteiger partial charge in [0, 0.05) is 37.1 Å². The van der Waals surface area contributed by atoms with Crippen molar-refractivity contribution < 1.29 is 0 Å². The number of aryl methyl sites for hydroxylation is 2. The molecule has 4 heteroatoms. The van der Waals surface area contributed by atoms with Crippen LogP contribution in [0.3, 0.4) is 0 Å². The highest BCUT2D eigenvalue weighted by Gasteiger charge is 2.24. The average molecular weight is 287 g/mol. The Morgan fingerprint density at radius 3 is 2.80 bits per heavy atom. The van der Waals surface area contributed by atoms with Crippen molar-refractivity contribution in [3.8, 4) is 0 Å². The molecule has 0 amide bonds. The second kappa shape index (κ2) is 6.04. The summed E-state index contributed by atoms with van der Waals surface area (Å²) in [5.74, 6) is 0. The fourth-order valence-corrected chi connectivity index (χ4v) is 3.81. The normalized spacial score (nSPS) is 20.2. The predicted octanol–water partition coefficient (Wildman–Crippen LogP) is 2.91. The summed E-state index contributed by atoms with van der Waals surface area (Å²) in [5.41, 5.74) is 2.59. The molecule has 0 radical (unpaired) electrons. The van der Waals surface area contributed by atoms with E-state index in [2.05, 4.69) is 59.4 Å². The molecule has 1 aromatic carbocycles. The topological polar surface area (TPSA) is 28.2 Å². The number of hydrogen-bond acceptors (Lipinski definition) is 4. The highest BCUT2D eigenvalue weighted by molar-refractivity contribution is 7.11. The van der Waals surface area contributed by atoms with Crippen molar-refractivity contribution in [2.45, 2.75) is 26.4 Å². The van der Waals surface area contributed by atoms with Crippen molar-refractivity contribution in [1.29, 1.82) is 0 Å². The summed E-state index contributed by atoms with van der Waals surface area (Å²) >= 11 is 1.83. The number of hydrogen-bond donors (Lipinski definition) is 1. The third kappa shape index (κ3) is 2.92. The summed E-state index contributed by atoms with van der Waals surface area (Å²) in [5, 5.41) is 4.69. The molecular formula is C16H21N3S. The van der Waals surface area contributed by atoms with Crippen LogP contribution in [0.5, 0.6) is 0 Å². The maximum atomic E-state index is 4.55. The van der Waals surface area contributed by atoms with Gasteiger partial charge in [-0.25, -0.2) is 4.98 Å². The number of piperazine rings is 1. The highest BCUT2D eigenvalue weighted by Crippen LogP contribution is 2.27.